The zero-order valence-electron chi connectivity index (χ0n) is 9.10. The van der Waals surface area contributed by atoms with Gasteiger partial charge in [0.1, 0.15) is 0 Å². The molecule has 16 heavy (non-hydrogen) atoms. The summed E-state index contributed by atoms with van der Waals surface area (Å²) in [6, 6.07) is 9.49. The molecule has 0 aliphatic rings. The molecule has 0 aliphatic carbocycles. The minimum atomic E-state index is -0.310. The third-order valence-corrected chi connectivity index (χ3v) is 2.21. The number of carbonyl (C=O) groups excluding carboxylic acids is 1. The molecule has 0 spiro atoms. The minimum Gasteiger partial charge on any atom is -0.332 e. The van der Waals surface area contributed by atoms with E-state index in [2.05, 4.69) is 11.9 Å². The van der Waals surface area contributed by atoms with Gasteiger partial charge in [-0.3, -0.25) is 4.79 Å². The third kappa shape index (κ3) is 3.37. The number of nitrogens with one attached hydrogen (secondary N) is 1. The fraction of sp³-hybridized carbons (Fsp3) is 0.154. The van der Waals surface area contributed by atoms with Crippen LogP contribution in [0, 0.1) is 0 Å². The van der Waals surface area contributed by atoms with Gasteiger partial charge in [-0.25, -0.2) is 0 Å². The molecule has 0 aromatic heterocycles. The molecule has 84 valence electrons. The van der Waals surface area contributed by atoms with Crippen LogP contribution < -0.4 is 11.1 Å². The molecule has 1 aromatic rings. The maximum atomic E-state index is 11.8. The summed E-state index contributed by atoms with van der Waals surface area (Å²) < 4.78 is 0. The standard InChI is InChI=1S/C13H16N2O/c1-2-3-9-15-13(16)12(10-14)11-7-5-4-6-8-11/h2-9,12H,1,10,14H2,(H,15,16)/b9-3+. The number of benzene rings is 1. The zero-order chi connectivity index (χ0) is 11.8. The van der Waals surface area contributed by atoms with Crippen molar-refractivity contribution in [3.63, 3.8) is 0 Å². The van der Waals surface area contributed by atoms with Crippen molar-refractivity contribution in [3.8, 4) is 0 Å². The molecule has 3 heteroatoms. The van der Waals surface area contributed by atoms with E-state index in [0.717, 1.165) is 5.56 Å². The fourth-order valence-electron chi connectivity index (χ4n) is 1.38. The number of nitrogens with two attached hydrogens (primary N) is 1. The van der Waals surface area contributed by atoms with Crippen molar-refractivity contribution in [1.82, 2.24) is 5.32 Å². The van der Waals surface area contributed by atoms with Crippen LogP contribution >= 0.6 is 0 Å². The zero-order valence-corrected chi connectivity index (χ0v) is 9.10. The van der Waals surface area contributed by atoms with E-state index >= 15 is 0 Å². The molecule has 0 saturated heterocycles. The second-order valence-electron chi connectivity index (χ2n) is 3.30. The van der Waals surface area contributed by atoms with Crippen LogP contribution in [0.25, 0.3) is 0 Å². The number of allylic oxidation sites excluding steroid dienone is 2. The van der Waals surface area contributed by atoms with Crippen molar-refractivity contribution in [3.05, 3.63) is 60.8 Å². The normalized spacial score (nSPS) is 12.3. The second kappa shape index (κ2) is 6.58. The van der Waals surface area contributed by atoms with E-state index in [-0.39, 0.29) is 18.4 Å². The molecule has 0 bridgehead atoms. The van der Waals surface area contributed by atoms with Crippen LogP contribution in [0.3, 0.4) is 0 Å². The Kier molecular flexibility index (Phi) is 5.02. The maximum absolute atomic E-state index is 11.8. The van der Waals surface area contributed by atoms with E-state index in [1.54, 1.807) is 18.4 Å². The van der Waals surface area contributed by atoms with Crippen LogP contribution in [0.2, 0.25) is 0 Å². The van der Waals surface area contributed by atoms with Gasteiger partial charge in [-0.2, -0.15) is 0 Å². The molecule has 1 amide bonds. The number of amides is 1. The van der Waals surface area contributed by atoms with Crippen molar-refractivity contribution in [2.75, 3.05) is 6.54 Å². The van der Waals surface area contributed by atoms with Crippen molar-refractivity contribution in [2.45, 2.75) is 5.92 Å². The summed E-state index contributed by atoms with van der Waals surface area (Å²) in [6.07, 6.45) is 4.82. The molecule has 0 aliphatic heterocycles. The molecule has 0 saturated carbocycles. The van der Waals surface area contributed by atoms with E-state index in [0.29, 0.717) is 0 Å². The summed E-state index contributed by atoms with van der Waals surface area (Å²) >= 11 is 0. The topological polar surface area (TPSA) is 55.1 Å². The molecule has 0 heterocycles. The Morgan fingerprint density at radius 3 is 2.69 bits per heavy atom. The lowest BCUT2D eigenvalue weighted by atomic mass is 9.98. The molecular weight excluding hydrogens is 200 g/mol. The first-order valence-corrected chi connectivity index (χ1v) is 5.12. The fourth-order valence-corrected chi connectivity index (χ4v) is 1.38. The summed E-state index contributed by atoms with van der Waals surface area (Å²) in [5.74, 6) is -0.414. The second-order valence-corrected chi connectivity index (χ2v) is 3.30. The Morgan fingerprint density at radius 2 is 2.12 bits per heavy atom. The highest BCUT2D eigenvalue weighted by atomic mass is 16.1. The van der Waals surface area contributed by atoms with Gasteiger partial charge in [0.15, 0.2) is 0 Å². The molecule has 1 aromatic carbocycles. The Morgan fingerprint density at radius 1 is 1.44 bits per heavy atom. The van der Waals surface area contributed by atoms with Gasteiger partial charge in [0.05, 0.1) is 5.92 Å². The number of hydrogen-bond acceptors (Lipinski definition) is 2. The Balaban J connectivity index is 2.71. The third-order valence-electron chi connectivity index (χ3n) is 2.21. The van der Waals surface area contributed by atoms with Gasteiger partial charge >= 0.3 is 0 Å². The SMILES string of the molecule is C=C/C=C/NC(=O)C(CN)c1ccccc1. The van der Waals surface area contributed by atoms with E-state index in [1.165, 1.54) is 0 Å². The average Bonchev–Trinajstić information content (AvgIpc) is 2.32. The van der Waals surface area contributed by atoms with E-state index in [9.17, 15) is 4.79 Å². The van der Waals surface area contributed by atoms with E-state index < -0.39 is 0 Å². The molecule has 0 radical (unpaired) electrons. The average molecular weight is 216 g/mol. The lowest BCUT2D eigenvalue weighted by Gasteiger charge is -2.13. The summed E-state index contributed by atoms with van der Waals surface area (Å²) in [4.78, 5) is 11.8. The van der Waals surface area contributed by atoms with Gasteiger partial charge in [-0.1, -0.05) is 43.0 Å². The largest absolute Gasteiger partial charge is 0.332 e. The smallest absolute Gasteiger partial charge is 0.232 e. The maximum Gasteiger partial charge on any atom is 0.232 e. The van der Waals surface area contributed by atoms with E-state index in [1.807, 2.05) is 30.3 Å². The Bertz CT molecular complexity index is 371. The van der Waals surface area contributed by atoms with Crippen molar-refractivity contribution in [2.24, 2.45) is 5.73 Å². The highest BCUT2D eigenvalue weighted by Gasteiger charge is 2.17. The Hall–Kier alpha value is -1.87. The van der Waals surface area contributed by atoms with Gasteiger partial charge in [-0.05, 0) is 11.6 Å². The molecule has 3 N–H and O–H groups in total. The monoisotopic (exact) mass is 216 g/mol. The summed E-state index contributed by atoms with van der Waals surface area (Å²) in [5.41, 5.74) is 6.53. The molecular formula is C13H16N2O. The molecule has 1 unspecified atom stereocenters. The predicted molar refractivity (Wildman–Crippen MR) is 65.7 cm³/mol. The van der Waals surface area contributed by atoms with Crippen molar-refractivity contribution in [1.29, 1.82) is 0 Å². The van der Waals surface area contributed by atoms with Crippen molar-refractivity contribution < 1.29 is 4.79 Å². The first kappa shape index (κ1) is 12.2. The van der Waals surface area contributed by atoms with Gasteiger partial charge in [0.25, 0.3) is 0 Å². The lowest BCUT2D eigenvalue weighted by Crippen LogP contribution is -2.30. The van der Waals surface area contributed by atoms with Gasteiger partial charge < -0.3 is 11.1 Å². The highest BCUT2D eigenvalue weighted by Crippen LogP contribution is 2.13. The summed E-state index contributed by atoms with van der Waals surface area (Å²) in [7, 11) is 0. The van der Waals surface area contributed by atoms with Crippen LogP contribution in [0.1, 0.15) is 11.5 Å². The quantitative estimate of drug-likeness (QED) is 0.734. The minimum absolute atomic E-state index is 0.105. The van der Waals surface area contributed by atoms with E-state index in [4.69, 9.17) is 5.73 Å². The van der Waals surface area contributed by atoms with Gasteiger partial charge in [0, 0.05) is 12.7 Å². The number of hydrogen-bond donors (Lipinski definition) is 2. The Labute approximate surface area is 95.7 Å². The van der Waals surface area contributed by atoms with Crippen LogP contribution in [0.5, 0.6) is 0 Å². The summed E-state index contributed by atoms with van der Waals surface area (Å²) in [5, 5.41) is 2.66. The van der Waals surface area contributed by atoms with Gasteiger partial charge in [0.2, 0.25) is 5.91 Å². The number of carbonyl (C=O) groups is 1. The van der Waals surface area contributed by atoms with Gasteiger partial charge in [-0.15, -0.1) is 0 Å². The first-order valence-electron chi connectivity index (χ1n) is 5.12. The van der Waals surface area contributed by atoms with Crippen LogP contribution in [0.15, 0.2) is 55.3 Å². The lowest BCUT2D eigenvalue weighted by molar-refractivity contribution is -0.121. The van der Waals surface area contributed by atoms with Crippen LogP contribution in [0.4, 0.5) is 0 Å². The highest BCUT2D eigenvalue weighted by molar-refractivity contribution is 5.84. The molecule has 0 fully saturated rings. The summed E-state index contributed by atoms with van der Waals surface area (Å²) in [6.45, 7) is 3.81. The molecule has 1 atom stereocenters. The van der Waals surface area contributed by atoms with Crippen molar-refractivity contribution >= 4 is 5.91 Å². The van der Waals surface area contributed by atoms with Crippen LogP contribution in [-0.2, 0) is 4.79 Å². The molecule has 3 nitrogen and oxygen atoms in total. The van der Waals surface area contributed by atoms with Crippen LogP contribution in [-0.4, -0.2) is 12.5 Å². The first-order chi connectivity index (χ1) is 7.79. The number of rotatable bonds is 5. The molecule has 1 rings (SSSR count). The predicted octanol–water partition coefficient (Wildman–Crippen LogP) is 1.54.